The van der Waals surface area contributed by atoms with Crippen LogP contribution in [0.4, 0.5) is 4.39 Å². The Morgan fingerprint density at radius 1 is 1.28 bits per heavy atom. The third-order valence-corrected chi connectivity index (χ3v) is 3.28. The molecule has 0 fully saturated rings. The van der Waals surface area contributed by atoms with Crippen molar-refractivity contribution in [2.45, 2.75) is 18.7 Å². The van der Waals surface area contributed by atoms with Gasteiger partial charge in [-0.05, 0) is 36.8 Å². The Morgan fingerprint density at radius 2 is 2.06 bits per heavy atom. The van der Waals surface area contributed by atoms with Crippen LogP contribution in [0.25, 0.3) is 0 Å². The quantitative estimate of drug-likeness (QED) is 0.744. The maximum absolute atomic E-state index is 13.6. The molecular formula is C14H12Cl2FN. The van der Waals surface area contributed by atoms with E-state index in [9.17, 15) is 4.39 Å². The van der Waals surface area contributed by atoms with Crippen LogP contribution >= 0.6 is 23.2 Å². The molecule has 0 aliphatic heterocycles. The molecule has 1 atom stereocenters. The SMILES string of the molecule is Cc1ccc(CC(Cl)c2cc(Cl)ccc2F)nc1. The zero-order chi connectivity index (χ0) is 13.1. The van der Waals surface area contributed by atoms with Crippen LogP contribution in [0.3, 0.4) is 0 Å². The highest BCUT2D eigenvalue weighted by Gasteiger charge is 2.14. The predicted octanol–water partition coefficient (Wildman–Crippen LogP) is 4.71. The molecule has 0 bridgehead atoms. The summed E-state index contributed by atoms with van der Waals surface area (Å²) in [5.74, 6) is -0.341. The number of aromatic nitrogens is 1. The summed E-state index contributed by atoms with van der Waals surface area (Å²) in [4.78, 5) is 4.26. The topological polar surface area (TPSA) is 12.9 Å². The average molecular weight is 284 g/mol. The molecule has 0 saturated heterocycles. The number of pyridine rings is 1. The van der Waals surface area contributed by atoms with E-state index in [0.717, 1.165) is 11.3 Å². The van der Waals surface area contributed by atoms with Gasteiger partial charge in [0.25, 0.3) is 0 Å². The van der Waals surface area contributed by atoms with Crippen molar-refractivity contribution in [2.75, 3.05) is 0 Å². The number of nitrogens with zero attached hydrogens (tertiary/aromatic N) is 1. The molecular weight excluding hydrogens is 272 g/mol. The van der Waals surface area contributed by atoms with Gasteiger partial charge in [-0.2, -0.15) is 0 Å². The van der Waals surface area contributed by atoms with Crippen LogP contribution in [-0.4, -0.2) is 4.98 Å². The van der Waals surface area contributed by atoms with Gasteiger partial charge < -0.3 is 0 Å². The first-order valence-electron chi connectivity index (χ1n) is 5.57. The lowest BCUT2D eigenvalue weighted by Crippen LogP contribution is -2.01. The lowest BCUT2D eigenvalue weighted by molar-refractivity contribution is 0.605. The first-order chi connectivity index (χ1) is 8.56. The van der Waals surface area contributed by atoms with Crippen LogP contribution in [-0.2, 0) is 6.42 Å². The van der Waals surface area contributed by atoms with E-state index in [1.54, 1.807) is 12.3 Å². The maximum Gasteiger partial charge on any atom is 0.128 e. The summed E-state index contributed by atoms with van der Waals surface area (Å²) >= 11 is 12.1. The smallest absolute Gasteiger partial charge is 0.128 e. The number of benzene rings is 1. The van der Waals surface area contributed by atoms with E-state index < -0.39 is 5.38 Å². The van der Waals surface area contributed by atoms with E-state index in [1.165, 1.54) is 12.1 Å². The van der Waals surface area contributed by atoms with Gasteiger partial charge in [-0.3, -0.25) is 4.98 Å². The van der Waals surface area contributed by atoms with Crippen LogP contribution in [0, 0.1) is 12.7 Å². The summed E-state index contributed by atoms with van der Waals surface area (Å²) in [7, 11) is 0. The zero-order valence-corrected chi connectivity index (χ0v) is 11.3. The summed E-state index contributed by atoms with van der Waals surface area (Å²) in [6.07, 6.45) is 2.24. The molecule has 0 saturated carbocycles. The molecule has 1 aromatic heterocycles. The Labute approximate surface area is 116 Å². The summed E-state index contributed by atoms with van der Waals surface area (Å²) in [5.41, 5.74) is 2.32. The third-order valence-electron chi connectivity index (χ3n) is 2.66. The Kier molecular flexibility index (Phi) is 4.20. The Bertz CT molecular complexity index is 540. The number of halogens is 3. The molecule has 0 amide bonds. The number of aryl methyl sites for hydroxylation is 1. The molecule has 1 aromatic carbocycles. The van der Waals surface area contributed by atoms with Crippen molar-refractivity contribution in [1.29, 1.82) is 0 Å². The van der Waals surface area contributed by atoms with Gasteiger partial charge in [0.05, 0.1) is 5.38 Å². The van der Waals surface area contributed by atoms with Crippen LogP contribution in [0.15, 0.2) is 36.5 Å². The van der Waals surface area contributed by atoms with Gasteiger partial charge >= 0.3 is 0 Å². The van der Waals surface area contributed by atoms with Crippen LogP contribution in [0.1, 0.15) is 22.2 Å². The first kappa shape index (κ1) is 13.3. The number of rotatable bonds is 3. The molecule has 0 N–H and O–H groups in total. The second-order valence-electron chi connectivity index (χ2n) is 4.16. The van der Waals surface area contributed by atoms with E-state index in [0.29, 0.717) is 17.0 Å². The van der Waals surface area contributed by atoms with Gasteiger partial charge in [0.15, 0.2) is 0 Å². The lowest BCUT2D eigenvalue weighted by Gasteiger charge is -2.11. The van der Waals surface area contributed by atoms with Gasteiger partial charge in [-0.1, -0.05) is 17.7 Å². The molecule has 0 aliphatic carbocycles. The molecule has 0 aliphatic rings. The van der Waals surface area contributed by atoms with Crippen LogP contribution in [0.5, 0.6) is 0 Å². The molecule has 2 aromatic rings. The van der Waals surface area contributed by atoms with Gasteiger partial charge in [0, 0.05) is 28.9 Å². The fourth-order valence-electron chi connectivity index (χ4n) is 1.67. The minimum absolute atomic E-state index is 0.341. The maximum atomic E-state index is 13.6. The predicted molar refractivity (Wildman–Crippen MR) is 72.7 cm³/mol. The fourth-order valence-corrected chi connectivity index (χ4v) is 2.17. The van der Waals surface area contributed by atoms with E-state index in [4.69, 9.17) is 23.2 Å². The number of hydrogen-bond acceptors (Lipinski definition) is 1. The fraction of sp³-hybridized carbons (Fsp3) is 0.214. The lowest BCUT2D eigenvalue weighted by atomic mass is 10.1. The van der Waals surface area contributed by atoms with Gasteiger partial charge in [0.1, 0.15) is 5.82 Å². The minimum Gasteiger partial charge on any atom is -0.261 e. The second-order valence-corrected chi connectivity index (χ2v) is 5.13. The zero-order valence-electron chi connectivity index (χ0n) is 9.83. The van der Waals surface area contributed by atoms with E-state index in [-0.39, 0.29) is 5.82 Å². The average Bonchev–Trinajstić information content (AvgIpc) is 2.35. The normalized spacial score (nSPS) is 12.4. The van der Waals surface area contributed by atoms with Crippen molar-refractivity contribution < 1.29 is 4.39 Å². The molecule has 1 heterocycles. The summed E-state index contributed by atoms with van der Waals surface area (Å²) < 4.78 is 13.6. The molecule has 94 valence electrons. The second kappa shape index (κ2) is 5.68. The highest BCUT2D eigenvalue weighted by atomic mass is 35.5. The first-order valence-corrected chi connectivity index (χ1v) is 6.38. The highest BCUT2D eigenvalue weighted by Crippen LogP contribution is 2.28. The van der Waals surface area contributed by atoms with Crippen molar-refractivity contribution in [2.24, 2.45) is 0 Å². The molecule has 1 unspecified atom stereocenters. The van der Waals surface area contributed by atoms with Crippen molar-refractivity contribution in [3.05, 3.63) is 64.2 Å². The van der Waals surface area contributed by atoms with E-state index in [2.05, 4.69) is 4.98 Å². The molecule has 1 nitrogen and oxygen atoms in total. The van der Waals surface area contributed by atoms with E-state index in [1.807, 2.05) is 19.1 Å². The summed E-state index contributed by atoms with van der Waals surface area (Å²) in [6, 6.07) is 8.25. The summed E-state index contributed by atoms with van der Waals surface area (Å²) in [6.45, 7) is 1.96. The monoisotopic (exact) mass is 283 g/mol. The molecule has 2 rings (SSSR count). The van der Waals surface area contributed by atoms with E-state index >= 15 is 0 Å². The highest BCUT2D eigenvalue weighted by molar-refractivity contribution is 6.30. The van der Waals surface area contributed by atoms with Crippen molar-refractivity contribution >= 4 is 23.2 Å². The molecule has 0 radical (unpaired) electrons. The number of hydrogen-bond donors (Lipinski definition) is 0. The van der Waals surface area contributed by atoms with Gasteiger partial charge in [-0.15, -0.1) is 11.6 Å². The molecule has 18 heavy (non-hydrogen) atoms. The standard InChI is InChI=1S/C14H12Cl2FN/c1-9-2-4-11(18-8-9)7-13(16)12-6-10(15)3-5-14(12)17/h2-6,8,13H,7H2,1H3. The molecule has 4 heteroatoms. The van der Waals surface area contributed by atoms with Crippen molar-refractivity contribution in [3.8, 4) is 0 Å². The van der Waals surface area contributed by atoms with Crippen LogP contribution < -0.4 is 0 Å². The Morgan fingerprint density at radius 3 is 2.72 bits per heavy atom. The van der Waals surface area contributed by atoms with Crippen LogP contribution in [0.2, 0.25) is 5.02 Å². The van der Waals surface area contributed by atoms with Crippen molar-refractivity contribution in [1.82, 2.24) is 4.98 Å². The largest absolute Gasteiger partial charge is 0.261 e. The Balaban J connectivity index is 2.18. The molecule has 0 spiro atoms. The van der Waals surface area contributed by atoms with Gasteiger partial charge in [0.2, 0.25) is 0 Å². The number of alkyl halides is 1. The summed E-state index contributed by atoms with van der Waals surface area (Å²) in [5, 5.41) is 0.00724. The van der Waals surface area contributed by atoms with Gasteiger partial charge in [-0.25, -0.2) is 4.39 Å². The minimum atomic E-state index is -0.473. The Hall–Kier alpha value is -1.12. The third kappa shape index (κ3) is 3.21. The van der Waals surface area contributed by atoms with Crippen molar-refractivity contribution in [3.63, 3.8) is 0 Å².